The van der Waals surface area contributed by atoms with Gasteiger partial charge in [0.25, 0.3) is 0 Å². The molecule has 1 amide bonds. The third kappa shape index (κ3) is 11.8. The van der Waals surface area contributed by atoms with Crippen LogP contribution in [0.3, 0.4) is 0 Å². The average molecular weight is 667 g/mol. The molecule has 4 rings (SSSR count). The monoisotopic (exact) mass is 666 g/mol. The topological polar surface area (TPSA) is 167 Å². The number of carbonyl (C=O) groups excluding carboxylic acids is 4. The van der Waals surface area contributed by atoms with Gasteiger partial charge >= 0.3 is 31.6 Å². The van der Waals surface area contributed by atoms with E-state index in [4.69, 9.17) is 18.7 Å². The summed E-state index contributed by atoms with van der Waals surface area (Å²) in [6, 6.07) is 25.1. The molecule has 0 aromatic heterocycles. The molecule has 0 radical (unpaired) electrons. The number of alkyl carbamates (subject to hydrolysis) is 1. The summed E-state index contributed by atoms with van der Waals surface area (Å²) in [7, 11) is -4.89. The van der Waals surface area contributed by atoms with E-state index in [1.807, 2.05) is 30.3 Å². The standard InChI is InChI=1S/C34H39N2O10P/c37-31(27-17-8-3-9-18-27)44-30(23-25-13-4-1-5-14-25)47(41,42)46-29(33(39)45-32(38)28-19-12-22-35-28)20-10-11-21-36-34(40)43-24-26-15-6-2-7-16-26/h1-9,13-18,28-30,35H,10-12,19-24H2,(H,36,40)(H,41,42)/t28-,29?,30?/m0/s1. The molecule has 0 aliphatic carbocycles. The van der Waals surface area contributed by atoms with Crippen molar-refractivity contribution in [2.24, 2.45) is 0 Å². The van der Waals surface area contributed by atoms with E-state index in [9.17, 15) is 28.6 Å². The second kappa shape index (κ2) is 18.1. The van der Waals surface area contributed by atoms with Crippen LogP contribution in [0.25, 0.3) is 0 Å². The van der Waals surface area contributed by atoms with Gasteiger partial charge in [-0.25, -0.2) is 19.2 Å². The highest BCUT2D eigenvalue weighted by atomic mass is 31.2. The van der Waals surface area contributed by atoms with Gasteiger partial charge < -0.3 is 29.7 Å². The number of esters is 3. The van der Waals surface area contributed by atoms with Crippen LogP contribution in [0.5, 0.6) is 0 Å². The van der Waals surface area contributed by atoms with Crippen molar-refractivity contribution < 1.29 is 47.4 Å². The number of hydrogen-bond donors (Lipinski definition) is 3. The minimum Gasteiger partial charge on any atom is -0.445 e. The molecular weight excluding hydrogens is 627 g/mol. The summed E-state index contributed by atoms with van der Waals surface area (Å²) in [5.74, 6) is -4.48. The lowest BCUT2D eigenvalue weighted by atomic mass is 10.1. The first-order valence-corrected chi connectivity index (χ1v) is 17.1. The highest BCUT2D eigenvalue weighted by Gasteiger charge is 2.41. The van der Waals surface area contributed by atoms with Crippen molar-refractivity contribution in [2.75, 3.05) is 13.1 Å². The Kier molecular flexibility index (Phi) is 13.7. The van der Waals surface area contributed by atoms with Gasteiger partial charge in [0.15, 0.2) is 6.10 Å². The lowest BCUT2D eigenvalue weighted by molar-refractivity contribution is -0.166. The first-order valence-electron chi connectivity index (χ1n) is 15.5. The quantitative estimate of drug-likeness (QED) is 0.0626. The number of benzene rings is 3. The third-order valence-electron chi connectivity index (χ3n) is 7.33. The van der Waals surface area contributed by atoms with Crippen molar-refractivity contribution in [1.82, 2.24) is 10.6 Å². The molecule has 13 heteroatoms. The third-order valence-corrected chi connectivity index (χ3v) is 8.90. The van der Waals surface area contributed by atoms with Gasteiger partial charge in [0, 0.05) is 13.0 Å². The van der Waals surface area contributed by atoms with Gasteiger partial charge in [0.05, 0.1) is 5.56 Å². The zero-order valence-electron chi connectivity index (χ0n) is 25.8. The minimum absolute atomic E-state index is 0.100. The summed E-state index contributed by atoms with van der Waals surface area (Å²) in [6.07, 6.45) is -0.783. The Morgan fingerprint density at radius 3 is 2.17 bits per heavy atom. The Bertz CT molecular complexity index is 1500. The average Bonchev–Trinajstić information content (AvgIpc) is 3.63. The van der Waals surface area contributed by atoms with Crippen molar-refractivity contribution in [2.45, 2.75) is 63.1 Å². The van der Waals surface area contributed by atoms with Crippen LogP contribution in [-0.2, 0) is 45.9 Å². The van der Waals surface area contributed by atoms with Gasteiger partial charge in [-0.05, 0) is 61.9 Å². The number of nitrogens with one attached hydrogen (secondary N) is 2. The molecule has 1 saturated heterocycles. The SMILES string of the molecule is O=C(NCCCCC(OP(=O)(O)C(Cc1ccccc1)OC(=O)c1ccccc1)C(=O)OC(=O)[C@@H]1CCCN1)OCc1ccccc1. The summed E-state index contributed by atoms with van der Waals surface area (Å²) >= 11 is 0. The Labute approximate surface area is 273 Å². The molecule has 1 fully saturated rings. The maximum absolute atomic E-state index is 13.8. The Hall–Kier alpha value is -4.35. The fourth-order valence-electron chi connectivity index (χ4n) is 4.81. The summed E-state index contributed by atoms with van der Waals surface area (Å²) in [4.78, 5) is 62.0. The second-order valence-corrected chi connectivity index (χ2v) is 12.9. The van der Waals surface area contributed by atoms with Crippen LogP contribution >= 0.6 is 7.60 Å². The molecule has 4 atom stereocenters. The van der Waals surface area contributed by atoms with E-state index in [1.54, 1.807) is 48.5 Å². The van der Waals surface area contributed by atoms with Crippen molar-refractivity contribution >= 4 is 31.6 Å². The molecule has 3 N–H and O–H groups in total. The molecule has 1 aliphatic rings. The molecular formula is C34H39N2O10P. The number of amides is 1. The molecule has 47 heavy (non-hydrogen) atoms. The number of carbonyl (C=O) groups is 4. The molecule has 250 valence electrons. The molecule has 0 bridgehead atoms. The molecule has 12 nitrogen and oxygen atoms in total. The minimum atomic E-state index is -4.89. The van der Waals surface area contributed by atoms with Crippen LogP contribution in [0, 0.1) is 0 Å². The maximum atomic E-state index is 13.8. The number of unbranched alkanes of at least 4 members (excludes halogenated alkanes) is 1. The van der Waals surface area contributed by atoms with Gasteiger partial charge in [0.1, 0.15) is 12.6 Å². The van der Waals surface area contributed by atoms with E-state index in [1.165, 1.54) is 12.1 Å². The predicted molar refractivity (Wildman–Crippen MR) is 171 cm³/mol. The fraction of sp³-hybridized carbons (Fsp3) is 0.353. The fourth-order valence-corrected chi connectivity index (χ4v) is 6.17. The zero-order valence-corrected chi connectivity index (χ0v) is 26.7. The molecule has 3 aromatic rings. The van der Waals surface area contributed by atoms with E-state index >= 15 is 0 Å². The molecule has 0 saturated carbocycles. The number of rotatable bonds is 16. The van der Waals surface area contributed by atoms with Crippen LogP contribution in [0.4, 0.5) is 4.79 Å². The Balaban J connectivity index is 1.41. The summed E-state index contributed by atoms with van der Waals surface area (Å²) in [5.41, 5.74) is 1.58. The van der Waals surface area contributed by atoms with Crippen LogP contribution in [0.2, 0.25) is 0 Å². The van der Waals surface area contributed by atoms with E-state index in [0.29, 0.717) is 24.9 Å². The van der Waals surface area contributed by atoms with Gasteiger partial charge in [-0.15, -0.1) is 0 Å². The van der Waals surface area contributed by atoms with E-state index < -0.39 is 49.6 Å². The normalized spacial score (nSPS) is 16.7. The molecule has 3 aromatic carbocycles. The van der Waals surface area contributed by atoms with Crippen molar-refractivity contribution in [3.05, 3.63) is 108 Å². The van der Waals surface area contributed by atoms with Crippen LogP contribution < -0.4 is 10.6 Å². The molecule has 1 heterocycles. The first-order chi connectivity index (χ1) is 22.7. The molecule has 3 unspecified atom stereocenters. The van der Waals surface area contributed by atoms with Crippen LogP contribution in [0.15, 0.2) is 91.0 Å². The zero-order chi connectivity index (χ0) is 33.5. The summed E-state index contributed by atoms with van der Waals surface area (Å²) < 4.78 is 35.1. The van der Waals surface area contributed by atoms with Crippen molar-refractivity contribution in [3.63, 3.8) is 0 Å². The maximum Gasteiger partial charge on any atom is 0.407 e. The van der Waals surface area contributed by atoms with E-state index in [-0.39, 0.29) is 38.0 Å². The largest absolute Gasteiger partial charge is 0.445 e. The van der Waals surface area contributed by atoms with E-state index in [2.05, 4.69) is 10.6 Å². The number of hydrogen-bond acceptors (Lipinski definition) is 10. The van der Waals surface area contributed by atoms with Gasteiger partial charge in [0.2, 0.25) is 5.85 Å². The lowest BCUT2D eigenvalue weighted by Crippen LogP contribution is -2.37. The van der Waals surface area contributed by atoms with Gasteiger partial charge in [-0.1, -0.05) is 78.9 Å². The Morgan fingerprint density at radius 2 is 1.53 bits per heavy atom. The highest BCUT2D eigenvalue weighted by Crippen LogP contribution is 2.51. The van der Waals surface area contributed by atoms with Gasteiger partial charge in [-0.2, -0.15) is 0 Å². The lowest BCUT2D eigenvalue weighted by Gasteiger charge is -2.26. The van der Waals surface area contributed by atoms with Crippen LogP contribution in [-0.4, -0.2) is 60.0 Å². The van der Waals surface area contributed by atoms with Gasteiger partial charge in [-0.3, -0.25) is 9.09 Å². The van der Waals surface area contributed by atoms with Crippen molar-refractivity contribution in [3.8, 4) is 0 Å². The number of ether oxygens (including phenoxy) is 3. The molecule has 0 spiro atoms. The Morgan fingerprint density at radius 1 is 0.894 bits per heavy atom. The van der Waals surface area contributed by atoms with E-state index in [0.717, 1.165) is 12.0 Å². The first kappa shape index (κ1) is 35.5. The van der Waals surface area contributed by atoms with Crippen molar-refractivity contribution in [1.29, 1.82) is 0 Å². The summed E-state index contributed by atoms with van der Waals surface area (Å²) in [5, 5.41) is 5.56. The van der Waals surface area contributed by atoms with Crippen LogP contribution in [0.1, 0.15) is 53.6 Å². The second-order valence-electron chi connectivity index (χ2n) is 10.9. The highest BCUT2D eigenvalue weighted by molar-refractivity contribution is 7.53. The smallest absolute Gasteiger partial charge is 0.407 e. The molecule has 1 aliphatic heterocycles. The predicted octanol–water partition coefficient (Wildman–Crippen LogP) is 4.90. The summed E-state index contributed by atoms with van der Waals surface area (Å²) in [6.45, 7) is 0.875.